The molecule has 1 aliphatic heterocycles. The van der Waals surface area contributed by atoms with Gasteiger partial charge in [-0.15, -0.1) is 0 Å². The summed E-state index contributed by atoms with van der Waals surface area (Å²) in [6.07, 6.45) is 0. The molecule has 0 aromatic heterocycles. The lowest BCUT2D eigenvalue weighted by molar-refractivity contribution is -0.140. The summed E-state index contributed by atoms with van der Waals surface area (Å²) in [4.78, 5) is 27.7. The number of carbonyl (C=O) groups is 2. The lowest BCUT2D eigenvalue weighted by atomic mass is 9.79. The Balaban J connectivity index is 1.92. The van der Waals surface area contributed by atoms with Gasteiger partial charge in [-0.05, 0) is 54.3 Å². The van der Waals surface area contributed by atoms with Gasteiger partial charge in [0.1, 0.15) is 5.92 Å². The van der Waals surface area contributed by atoms with Crippen molar-refractivity contribution >= 4 is 35.1 Å². The topological polar surface area (TPSA) is 57.6 Å². The third kappa shape index (κ3) is 3.93. The fourth-order valence-electron chi connectivity index (χ4n) is 4.33. The van der Waals surface area contributed by atoms with Gasteiger partial charge < -0.3 is 10.0 Å². The zero-order valence-corrected chi connectivity index (χ0v) is 18.6. The SMILES string of the molecule is Cc1ccc(CN2C(=O)c3ccccc3C(C(=O)O)C2c2ccc(Cl)cc2Cl)c(C)c1. The zero-order chi connectivity index (χ0) is 22.3. The molecule has 0 spiro atoms. The molecule has 4 rings (SSSR count). The van der Waals surface area contributed by atoms with Gasteiger partial charge in [-0.3, -0.25) is 9.59 Å². The first-order chi connectivity index (χ1) is 14.8. The molecular weight excluding hydrogens is 433 g/mol. The van der Waals surface area contributed by atoms with Gasteiger partial charge >= 0.3 is 5.97 Å². The molecule has 0 bridgehead atoms. The van der Waals surface area contributed by atoms with Crippen LogP contribution in [-0.4, -0.2) is 21.9 Å². The van der Waals surface area contributed by atoms with Crippen LogP contribution in [0.25, 0.3) is 0 Å². The number of carbonyl (C=O) groups excluding carboxylic acids is 1. The average molecular weight is 454 g/mol. The maximum Gasteiger partial charge on any atom is 0.313 e. The Morgan fingerprint density at radius 3 is 2.42 bits per heavy atom. The highest BCUT2D eigenvalue weighted by Crippen LogP contribution is 2.46. The Kier molecular flexibility index (Phi) is 5.78. The third-order valence-electron chi connectivity index (χ3n) is 5.82. The van der Waals surface area contributed by atoms with E-state index in [-0.39, 0.29) is 12.5 Å². The number of aryl methyl sites for hydroxylation is 2. The molecule has 3 aromatic rings. The van der Waals surface area contributed by atoms with Gasteiger partial charge in [0, 0.05) is 22.2 Å². The van der Waals surface area contributed by atoms with Crippen molar-refractivity contribution in [2.75, 3.05) is 0 Å². The van der Waals surface area contributed by atoms with Crippen molar-refractivity contribution in [3.8, 4) is 0 Å². The fourth-order valence-corrected chi connectivity index (χ4v) is 4.85. The van der Waals surface area contributed by atoms with Gasteiger partial charge in [-0.1, -0.05) is 71.2 Å². The van der Waals surface area contributed by atoms with Crippen LogP contribution in [0.2, 0.25) is 10.0 Å². The van der Waals surface area contributed by atoms with Crippen LogP contribution in [0.1, 0.15) is 50.1 Å². The van der Waals surface area contributed by atoms with Gasteiger partial charge in [-0.25, -0.2) is 0 Å². The van der Waals surface area contributed by atoms with Crippen LogP contribution in [0.3, 0.4) is 0 Å². The molecular formula is C25H21Cl2NO3. The lowest BCUT2D eigenvalue weighted by Crippen LogP contribution is -2.44. The molecule has 0 radical (unpaired) electrons. The van der Waals surface area contributed by atoms with E-state index in [1.165, 1.54) is 0 Å². The highest BCUT2D eigenvalue weighted by atomic mass is 35.5. The normalized spacial score (nSPS) is 18.1. The van der Waals surface area contributed by atoms with E-state index in [1.54, 1.807) is 47.4 Å². The average Bonchev–Trinajstić information content (AvgIpc) is 2.71. The maximum absolute atomic E-state index is 13.6. The van der Waals surface area contributed by atoms with Crippen LogP contribution in [0.4, 0.5) is 0 Å². The number of carboxylic acids is 1. The second kappa shape index (κ2) is 8.37. The summed E-state index contributed by atoms with van der Waals surface area (Å²) < 4.78 is 0. The molecule has 0 saturated carbocycles. The second-order valence-electron chi connectivity index (χ2n) is 7.88. The molecule has 2 atom stereocenters. The number of hydrogen-bond donors (Lipinski definition) is 1. The minimum absolute atomic E-state index is 0.218. The number of rotatable bonds is 4. The molecule has 0 aliphatic carbocycles. The Labute approximate surface area is 191 Å². The molecule has 1 aliphatic rings. The molecule has 3 aromatic carbocycles. The summed E-state index contributed by atoms with van der Waals surface area (Å²) in [5.41, 5.74) is 4.58. The summed E-state index contributed by atoms with van der Waals surface area (Å²) in [5, 5.41) is 11.0. The van der Waals surface area contributed by atoms with E-state index in [9.17, 15) is 14.7 Å². The van der Waals surface area contributed by atoms with E-state index in [4.69, 9.17) is 23.2 Å². The Bertz CT molecular complexity index is 1190. The standard InChI is InChI=1S/C25H21Cl2NO3/c1-14-7-8-16(15(2)11-14)13-28-23(20-10-9-17(26)12-21(20)27)22(25(30)31)18-5-3-4-6-19(18)24(28)29/h3-12,22-23H,13H2,1-2H3,(H,30,31). The van der Waals surface area contributed by atoms with Crippen LogP contribution in [0.5, 0.6) is 0 Å². The van der Waals surface area contributed by atoms with Crippen molar-refractivity contribution in [3.63, 3.8) is 0 Å². The van der Waals surface area contributed by atoms with Crippen molar-refractivity contribution in [3.05, 3.63) is 104 Å². The minimum atomic E-state index is -1.01. The fraction of sp³-hybridized carbons (Fsp3) is 0.200. The summed E-state index contributed by atoms with van der Waals surface area (Å²) in [6, 6.07) is 17.1. The summed E-state index contributed by atoms with van der Waals surface area (Å²) in [5.74, 6) is -2.19. The quantitative estimate of drug-likeness (QED) is 0.513. The van der Waals surface area contributed by atoms with Crippen LogP contribution in [0, 0.1) is 13.8 Å². The van der Waals surface area contributed by atoms with Crippen molar-refractivity contribution < 1.29 is 14.7 Å². The lowest BCUT2D eigenvalue weighted by Gasteiger charge is -2.41. The smallest absolute Gasteiger partial charge is 0.313 e. The highest BCUT2D eigenvalue weighted by Gasteiger charge is 2.45. The van der Waals surface area contributed by atoms with E-state index in [2.05, 4.69) is 6.07 Å². The number of halogens is 2. The Morgan fingerprint density at radius 1 is 1.00 bits per heavy atom. The molecule has 1 amide bonds. The number of amides is 1. The number of benzene rings is 3. The van der Waals surface area contributed by atoms with E-state index < -0.39 is 17.9 Å². The Morgan fingerprint density at radius 2 is 1.74 bits per heavy atom. The van der Waals surface area contributed by atoms with Gasteiger partial charge in [-0.2, -0.15) is 0 Å². The molecule has 1 heterocycles. The van der Waals surface area contributed by atoms with E-state index in [0.717, 1.165) is 16.7 Å². The first-order valence-electron chi connectivity index (χ1n) is 9.91. The highest BCUT2D eigenvalue weighted by molar-refractivity contribution is 6.35. The molecule has 0 saturated heterocycles. The minimum Gasteiger partial charge on any atom is -0.481 e. The van der Waals surface area contributed by atoms with Crippen LogP contribution >= 0.6 is 23.2 Å². The number of fused-ring (bicyclic) bond motifs is 1. The maximum atomic E-state index is 13.6. The van der Waals surface area contributed by atoms with E-state index in [0.29, 0.717) is 26.7 Å². The van der Waals surface area contributed by atoms with Crippen molar-refractivity contribution in [1.29, 1.82) is 0 Å². The first kappa shape index (κ1) is 21.4. The van der Waals surface area contributed by atoms with E-state index >= 15 is 0 Å². The molecule has 158 valence electrons. The van der Waals surface area contributed by atoms with Crippen molar-refractivity contribution in [2.45, 2.75) is 32.4 Å². The van der Waals surface area contributed by atoms with Gasteiger partial charge in [0.25, 0.3) is 5.91 Å². The molecule has 4 nitrogen and oxygen atoms in total. The van der Waals surface area contributed by atoms with E-state index in [1.807, 2.05) is 26.0 Å². The van der Waals surface area contributed by atoms with Gasteiger partial charge in [0.05, 0.1) is 6.04 Å². The second-order valence-corrected chi connectivity index (χ2v) is 8.72. The number of carboxylic acid groups (broad SMARTS) is 1. The summed E-state index contributed by atoms with van der Waals surface area (Å²) >= 11 is 12.6. The number of aliphatic carboxylic acids is 1. The van der Waals surface area contributed by atoms with Crippen LogP contribution in [-0.2, 0) is 11.3 Å². The van der Waals surface area contributed by atoms with Gasteiger partial charge in [0.15, 0.2) is 0 Å². The monoisotopic (exact) mass is 453 g/mol. The van der Waals surface area contributed by atoms with Crippen LogP contribution in [0.15, 0.2) is 60.7 Å². The molecule has 1 N–H and O–H groups in total. The van der Waals surface area contributed by atoms with Crippen molar-refractivity contribution in [2.24, 2.45) is 0 Å². The molecule has 0 fully saturated rings. The third-order valence-corrected chi connectivity index (χ3v) is 6.39. The molecule has 6 heteroatoms. The Hall–Kier alpha value is -2.82. The first-order valence-corrected chi connectivity index (χ1v) is 10.7. The summed E-state index contributed by atoms with van der Waals surface area (Å²) in [7, 11) is 0. The zero-order valence-electron chi connectivity index (χ0n) is 17.1. The number of nitrogens with zero attached hydrogens (tertiary/aromatic N) is 1. The summed E-state index contributed by atoms with van der Waals surface area (Å²) in [6.45, 7) is 4.27. The van der Waals surface area contributed by atoms with Crippen molar-refractivity contribution in [1.82, 2.24) is 4.90 Å². The van der Waals surface area contributed by atoms with Crippen LogP contribution < -0.4 is 0 Å². The van der Waals surface area contributed by atoms with Gasteiger partial charge in [0.2, 0.25) is 0 Å². The molecule has 2 unspecified atom stereocenters. The molecule has 31 heavy (non-hydrogen) atoms. The predicted octanol–water partition coefficient (Wildman–Crippen LogP) is 6.18. The largest absolute Gasteiger partial charge is 0.481 e. The number of hydrogen-bond acceptors (Lipinski definition) is 2. The predicted molar refractivity (Wildman–Crippen MR) is 122 cm³/mol.